The Morgan fingerprint density at radius 1 is 0.347 bits per heavy atom. The van der Waals surface area contributed by atoms with Crippen LogP contribution < -0.4 is 4.90 Å². The number of nitrogens with zero attached hydrogens (tertiary/aromatic N) is 2. The largest absolute Gasteiger partial charge is 0.310 e. The molecule has 0 unspecified atom stereocenters. The molecule has 2 nitrogen and oxygen atoms in total. The van der Waals surface area contributed by atoms with Crippen LogP contribution in [0.2, 0.25) is 0 Å². The van der Waals surface area contributed by atoms with Crippen molar-refractivity contribution >= 4 is 38.9 Å². The van der Waals surface area contributed by atoms with E-state index >= 15 is 0 Å². The van der Waals surface area contributed by atoms with Crippen molar-refractivity contribution in [3.63, 3.8) is 0 Å². The molecule has 5 aliphatic carbocycles. The quantitative estimate of drug-likeness (QED) is 0.147. The van der Waals surface area contributed by atoms with Crippen LogP contribution >= 0.6 is 0 Å². The van der Waals surface area contributed by atoms with Crippen molar-refractivity contribution < 1.29 is 0 Å². The average molecular weight is 923 g/mol. The maximum atomic E-state index is 2.57. The number of benzene rings is 10. The fourth-order valence-corrected chi connectivity index (χ4v) is 15.0. The molecule has 0 atom stereocenters. The molecule has 0 N–H and O–H groups in total. The van der Waals surface area contributed by atoms with Gasteiger partial charge in [0.1, 0.15) is 0 Å². The van der Waals surface area contributed by atoms with Gasteiger partial charge < -0.3 is 9.47 Å². The summed E-state index contributed by atoms with van der Waals surface area (Å²) in [6.45, 7) is 0. The minimum atomic E-state index is 0.108. The van der Waals surface area contributed by atoms with Gasteiger partial charge in [0.25, 0.3) is 0 Å². The second-order valence-corrected chi connectivity index (χ2v) is 21.2. The van der Waals surface area contributed by atoms with Gasteiger partial charge in [-0.2, -0.15) is 0 Å². The van der Waals surface area contributed by atoms with Gasteiger partial charge >= 0.3 is 0 Å². The molecule has 1 spiro atoms. The SMILES string of the molecule is c1ccc(-c2ccccc2-c2ccccc2-c2ccccc2N(c2ccc(-c3cccc4c5ccccc5n(-c5ccccc5)c34)cc2)c2ccc3c(c2)-c2ccccc2C32C3CC4CC(C3)CC2C4)cc1. The van der Waals surface area contributed by atoms with E-state index in [-0.39, 0.29) is 5.41 Å². The van der Waals surface area contributed by atoms with Crippen molar-refractivity contribution in [3.8, 4) is 61.3 Å². The van der Waals surface area contributed by atoms with Gasteiger partial charge in [-0.05, 0) is 160 Å². The van der Waals surface area contributed by atoms with Gasteiger partial charge in [-0.25, -0.2) is 0 Å². The summed E-state index contributed by atoms with van der Waals surface area (Å²) in [5.74, 6) is 3.23. The van der Waals surface area contributed by atoms with E-state index in [1.165, 1.54) is 115 Å². The highest BCUT2D eigenvalue weighted by atomic mass is 15.1. The van der Waals surface area contributed by atoms with E-state index in [0.717, 1.165) is 28.9 Å². The number of anilines is 3. The summed E-state index contributed by atoms with van der Waals surface area (Å²) in [6, 6.07) is 90.8. The molecule has 0 aliphatic heterocycles. The molecule has 0 saturated heterocycles. The van der Waals surface area contributed by atoms with Crippen molar-refractivity contribution in [2.75, 3.05) is 4.90 Å². The number of para-hydroxylation sites is 4. The highest BCUT2D eigenvalue weighted by Gasteiger charge is 2.61. The first-order chi connectivity index (χ1) is 35.7. The summed E-state index contributed by atoms with van der Waals surface area (Å²) in [7, 11) is 0. The Labute approximate surface area is 422 Å². The van der Waals surface area contributed by atoms with Gasteiger partial charge in [-0.3, -0.25) is 0 Å². The Bertz CT molecular complexity index is 3850. The lowest BCUT2D eigenvalue weighted by atomic mass is 9.43. The molecule has 4 bridgehead atoms. The molecular formula is C70H54N2. The van der Waals surface area contributed by atoms with E-state index in [1.807, 2.05) is 0 Å². The zero-order chi connectivity index (χ0) is 47.3. The van der Waals surface area contributed by atoms with Gasteiger partial charge in [-0.1, -0.05) is 194 Å². The van der Waals surface area contributed by atoms with E-state index < -0.39 is 0 Å². The van der Waals surface area contributed by atoms with Crippen molar-refractivity contribution in [1.82, 2.24) is 4.57 Å². The number of hydrogen-bond donors (Lipinski definition) is 0. The second-order valence-electron chi connectivity index (χ2n) is 21.2. The molecule has 4 saturated carbocycles. The molecule has 5 aliphatic rings. The Kier molecular flexibility index (Phi) is 9.49. The van der Waals surface area contributed by atoms with Crippen LogP contribution in [0.1, 0.15) is 43.2 Å². The topological polar surface area (TPSA) is 8.17 Å². The summed E-state index contributed by atoms with van der Waals surface area (Å²) in [5, 5.41) is 2.52. The number of fused-ring (bicyclic) bond motifs is 6. The molecule has 0 amide bonds. The molecule has 72 heavy (non-hydrogen) atoms. The molecule has 344 valence electrons. The van der Waals surface area contributed by atoms with Gasteiger partial charge in [0.05, 0.1) is 16.7 Å². The zero-order valence-corrected chi connectivity index (χ0v) is 40.3. The summed E-state index contributed by atoms with van der Waals surface area (Å²) in [5.41, 5.74) is 22.9. The summed E-state index contributed by atoms with van der Waals surface area (Å²) < 4.78 is 2.45. The molecule has 10 aromatic carbocycles. The number of hydrogen-bond acceptors (Lipinski definition) is 1. The van der Waals surface area contributed by atoms with E-state index in [4.69, 9.17) is 0 Å². The molecular weight excluding hydrogens is 869 g/mol. The normalized spacial score (nSPS) is 20.3. The van der Waals surface area contributed by atoms with Crippen molar-refractivity contribution in [2.24, 2.45) is 23.7 Å². The first kappa shape index (κ1) is 41.6. The Morgan fingerprint density at radius 2 is 0.861 bits per heavy atom. The lowest BCUT2D eigenvalue weighted by Gasteiger charge is -2.61. The number of aromatic nitrogens is 1. The van der Waals surface area contributed by atoms with Crippen LogP contribution in [0.25, 0.3) is 83.1 Å². The highest BCUT2D eigenvalue weighted by molar-refractivity contribution is 6.14. The molecule has 0 radical (unpaired) electrons. The van der Waals surface area contributed by atoms with Crippen LogP contribution in [0.3, 0.4) is 0 Å². The van der Waals surface area contributed by atoms with Crippen LogP contribution in [0.5, 0.6) is 0 Å². The van der Waals surface area contributed by atoms with E-state index in [2.05, 4.69) is 252 Å². The first-order valence-electron chi connectivity index (χ1n) is 26.3. The third-order valence-electron chi connectivity index (χ3n) is 17.6. The Balaban J connectivity index is 0.927. The number of rotatable bonds is 8. The smallest absolute Gasteiger partial charge is 0.0619 e. The van der Waals surface area contributed by atoms with Crippen LogP contribution in [0.4, 0.5) is 17.1 Å². The van der Waals surface area contributed by atoms with Crippen LogP contribution in [0, 0.1) is 23.7 Å². The first-order valence-corrected chi connectivity index (χ1v) is 26.3. The van der Waals surface area contributed by atoms with E-state index in [1.54, 1.807) is 11.1 Å². The van der Waals surface area contributed by atoms with Gasteiger partial charge in [-0.15, -0.1) is 0 Å². The van der Waals surface area contributed by atoms with Crippen LogP contribution in [0.15, 0.2) is 243 Å². The molecule has 1 aromatic heterocycles. The minimum Gasteiger partial charge on any atom is -0.310 e. The molecule has 11 aromatic rings. The Morgan fingerprint density at radius 3 is 1.60 bits per heavy atom. The molecule has 2 heteroatoms. The maximum Gasteiger partial charge on any atom is 0.0619 e. The van der Waals surface area contributed by atoms with E-state index in [9.17, 15) is 0 Å². The standard InChI is InChI=1S/C70H54N2/c1-3-18-48(19-4-1)55-22-7-8-23-57(55)58-24-9-10-25-59(58)61-27-12-15-32-67(61)71(54-38-39-66-64(45-54)60-26-11-14-31-65(60)70(66)50-41-46-40-47(43-50)44-51(70)42-46)53-36-34-49(35-37-53)56-29-17-30-63-62-28-13-16-33-68(62)72(69(56)63)52-20-5-2-6-21-52/h1-39,45-47,50-51H,40-44H2. The predicted octanol–water partition coefficient (Wildman–Crippen LogP) is 18.6. The third kappa shape index (κ3) is 6.21. The fraction of sp³-hybridized carbons (Fsp3) is 0.143. The van der Waals surface area contributed by atoms with Gasteiger partial charge in [0.2, 0.25) is 0 Å². The van der Waals surface area contributed by atoms with Crippen molar-refractivity contribution in [3.05, 3.63) is 254 Å². The molecule has 1 heterocycles. The van der Waals surface area contributed by atoms with Gasteiger partial charge in [0, 0.05) is 44.4 Å². The third-order valence-corrected chi connectivity index (χ3v) is 17.6. The lowest BCUT2D eigenvalue weighted by molar-refractivity contribution is -0.0399. The minimum absolute atomic E-state index is 0.108. The zero-order valence-electron chi connectivity index (χ0n) is 40.3. The van der Waals surface area contributed by atoms with Gasteiger partial charge in [0.15, 0.2) is 0 Å². The maximum absolute atomic E-state index is 2.57. The fourth-order valence-electron chi connectivity index (χ4n) is 15.0. The monoisotopic (exact) mass is 922 g/mol. The summed E-state index contributed by atoms with van der Waals surface area (Å²) in [6.07, 6.45) is 6.96. The average Bonchev–Trinajstić information content (AvgIpc) is 3.94. The second kappa shape index (κ2) is 16.4. The van der Waals surface area contributed by atoms with Crippen molar-refractivity contribution in [1.29, 1.82) is 0 Å². The molecule has 16 rings (SSSR count). The van der Waals surface area contributed by atoms with Crippen LogP contribution in [-0.2, 0) is 5.41 Å². The van der Waals surface area contributed by atoms with Crippen LogP contribution in [-0.4, -0.2) is 4.57 Å². The Hall–Kier alpha value is -8.20. The lowest BCUT2D eigenvalue weighted by Crippen LogP contribution is -2.55. The predicted molar refractivity (Wildman–Crippen MR) is 300 cm³/mol. The summed E-state index contributed by atoms with van der Waals surface area (Å²) >= 11 is 0. The molecule has 4 fully saturated rings. The summed E-state index contributed by atoms with van der Waals surface area (Å²) in [4.78, 5) is 2.55. The van der Waals surface area contributed by atoms with Crippen molar-refractivity contribution in [2.45, 2.75) is 37.5 Å². The van der Waals surface area contributed by atoms with E-state index in [0.29, 0.717) is 11.8 Å². The highest BCUT2D eigenvalue weighted by Crippen LogP contribution is 2.69.